The Kier molecular flexibility index (Phi) is 3.68. The molecule has 1 heterocycles. The average molecular weight is 297 g/mol. The van der Waals surface area contributed by atoms with Gasteiger partial charge in [-0.1, -0.05) is 12.8 Å². The van der Waals surface area contributed by atoms with Crippen molar-refractivity contribution in [1.29, 1.82) is 0 Å². The van der Waals surface area contributed by atoms with E-state index in [1.807, 2.05) is 4.90 Å². The first-order valence-corrected chi connectivity index (χ1v) is 7.44. The van der Waals surface area contributed by atoms with E-state index in [0.29, 0.717) is 18.7 Å². The molecule has 2 unspecified atom stereocenters. The standard InChI is InChI=1S/C16H18F3NO/c17-16(18,19)13-9-11(10-21)5-6-15(13)20-8-7-12-3-1-2-4-14(12)20/h5-6,9-10,12,14H,1-4,7-8H2. The molecule has 1 saturated heterocycles. The zero-order valence-electron chi connectivity index (χ0n) is 11.7. The van der Waals surface area contributed by atoms with Crippen LogP contribution in [0.15, 0.2) is 18.2 Å². The highest BCUT2D eigenvalue weighted by atomic mass is 19.4. The van der Waals surface area contributed by atoms with Crippen LogP contribution >= 0.6 is 0 Å². The Morgan fingerprint density at radius 1 is 1.14 bits per heavy atom. The SMILES string of the molecule is O=Cc1ccc(N2CCC3CCCCC32)c(C(F)(F)F)c1. The Morgan fingerprint density at radius 2 is 1.90 bits per heavy atom. The van der Waals surface area contributed by atoms with Crippen LogP contribution in [-0.4, -0.2) is 18.9 Å². The summed E-state index contributed by atoms with van der Waals surface area (Å²) >= 11 is 0. The van der Waals surface area contributed by atoms with Crippen molar-refractivity contribution in [1.82, 2.24) is 0 Å². The molecule has 0 N–H and O–H groups in total. The van der Waals surface area contributed by atoms with E-state index >= 15 is 0 Å². The third kappa shape index (κ3) is 2.65. The Balaban J connectivity index is 1.99. The van der Waals surface area contributed by atoms with E-state index in [0.717, 1.165) is 31.7 Å². The van der Waals surface area contributed by atoms with Crippen LogP contribution in [0.25, 0.3) is 0 Å². The van der Waals surface area contributed by atoms with E-state index in [1.54, 1.807) is 0 Å². The van der Waals surface area contributed by atoms with Crippen LogP contribution in [0.4, 0.5) is 18.9 Å². The Bertz CT molecular complexity index is 541. The quantitative estimate of drug-likeness (QED) is 0.759. The van der Waals surface area contributed by atoms with Gasteiger partial charge in [0.1, 0.15) is 6.29 Å². The van der Waals surface area contributed by atoms with Gasteiger partial charge in [0.05, 0.1) is 5.56 Å². The Labute approximate surface area is 121 Å². The number of hydrogen-bond acceptors (Lipinski definition) is 2. The summed E-state index contributed by atoms with van der Waals surface area (Å²) in [6.45, 7) is 0.679. The minimum absolute atomic E-state index is 0.0745. The molecule has 1 aliphatic heterocycles. The van der Waals surface area contributed by atoms with Crippen molar-refractivity contribution in [2.75, 3.05) is 11.4 Å². The summed E-state index contributed by atoms with van der Waals surface area (Å²) < 4.78 is 39.9. The summed E-state index contributed by atoms with van der Waals surface area (Å²) in [6.07, 6.45) is 1.37. The second kappa shape index (κ2) is 5.35. The first-order chi connectivity index (χ1) is 10.0. The Hall–Kier alpha value is -1.52. The molecule has 3 rings (SSSR count). The summed E-state index contributed by atoms with van der Waals surface area (Å²) in [5.41, 5.74) is -0.369. The molecule has 114 valence electrons. The molecule has 5 heteroatoms. The zero-order chi connectivity index (χ0) is 15.0. The van der Waals surface area contributed by atoms with Gasteiger partial charge in [-0.25, -0.2) is 0 Å². The van der Waals surface area contributed by atoms with E-state index in [1.165, 1.54) is 18.6 Å². The lowest BCUT2D eigenvalue weighted by Gasteiger charge is -2.34. The first-order valence-electron chi connectivity index (χ1n) is 7.44. The highest BCUT2D eigenvalue weighted by Gasteiger charge is 2.41. The molecule has 2 aliphatic rings. The van der Waals surface area contributed by atoms with Gasteiger partial charge >= 0.3 is 6.18 Å². The maximum absolute atomic E-state index is 13.3. The topological polar surface area (TPSA) is 20.3 Å². The lowest BCUT2D eigenvalue weighted by atomic mass is 9.85. The summed E-state index contributed by atoms with van der Waals surface area (Å²) in [5, 5.41) is 0. The van der Waals surface area contributed by atoms with Gasteiger partial charge in [-0.3, -0.25) is 4.79 Å². The van der Waals surface area contributed by atoms with Gasteiger partial charge in [-0.05, 0) is 43.4 Å². The van der Waals surface area contributed by atoms with Crippen molar-refractivity contribution in [3.8, 4) is 0 Å². The molecule has 0 aromatic heterocycles. The Morgan fingerprint density at radius 3 is 2.62 bits per heavy atom. The second-order valence-electron chi connectivity index (χ2n) is 5.99. The molecule has 0 spiro atoms. The number of nitrogens with zero attached hydrogens (tertiary/aromatic N) is 1. The van der Waals surface area contributed by atoms with Gasteiger partial charge in [0.2, 0.25) is 0 Å². The van der Waals surface area contributed by atoms with E-state index in [2.05, 4.69) is 0 Å². The average Bonchev–Trinajstić information content (AvgIpc) is 2.89. The number of halogens is 3. The fraction of sp³-hybridized carbons (Fsp3) is 0.562. The van der Waals surface area contributed by atoms with Gasteiger partial charge in [-0.15, -0.1) is 0 Å². The van der Waals surface area contributed by atoms with Gasteiger partial charge in [-0.2, -0.15) is 13.2 Å². The van der Waals surface area contributed by atoms with Gasteiger partial charge in [0.15, 0.2) is 0 Å². The molecule has 21 heavy (non-hydrogen) atoms. The number of carbonyl (C=O) groups excluding carboxylic acids is 1. The van der Waals surface area contributed by atoms with Crippen LogP contribution in [0.1, 0.15) is 48.0 Å². The zero-order valence-corrected chi connectivity index (χ0v) is 11.7. The largest absolute Gasteiger partial charge is 0.418 e. The van der Waals surface area contributed by atoms with Gasteiger partial charge in [0, 0.05) is 23.8 Å². The number of benzene rings is 1. The lowest BCUT2D eigenvalue weighted by molar-refractivity contribution is -0.137. The van der Waals surface area contributed by atoms with Crippen molar-refractivity contribution in [2.24, 2.45) is 5.92 Å². The molecule has 2 atom stereocenters. The minimum Gasteiger partial charge on any atom is -0.368 e. The predicted octanol–water partition coefficient (Wildman–Crippen LogP) is 4.29. The van der Waals surface area contributed by atoms with Crippen molar-refractivity contribution in [3.63, 3.8) is 0 Å². The number of anilines is 1. The fourth-order valence-electron chi connectivity index (χ4n) is 3.81. The molecular weight excluding hydrogens is 279 g/mol. The van der Waals surface area contributed by atoms with Gasteiger partial charge < -0.3 is 4.90 Å². The maximum Gasteiger partial charge on any atom is 0.418 e. The van der Waals surface area contributed by atoms with Crippen LogP contribution < -0.4 is 4.90 Å². The highest BCUT2D eigenvalue weighted by molar-refractivity contribution is 5.77. The van der Waals surface area contributed by atoms with Crippen LogP contribution in [0, 0.1) is 5.92 Å². The molecule has 1 aromatic rings. The highest BCUT2D eigenvalue weighted by Crippen LogP contribution is 2.43. The smallest absolute Gasteiger partial charge is 0.368 e. The minimum atomic E-state index is -4.43. The van der Waals surface area contributed by atoms with Crippen molar-refractivity contribution in [2.45, 2.75) is 44.3 Å². The summed E-state index contributed by atoms with van der Waals surface area (Å²) in [7, 11) is 0. The van der Waals surface area contributed by atoms with Crippen LogP contribution in [0.3, 0.4) is 0 Å². The molecule has 1 aliphatic carbocycles. The third-order valence-corrected chi connectivity index (χ3v) is 4.78. The normalized spacial score (nSPS) is 25.8. The lowest BCUT2D eigenvalue weighted by Crippen LogP contribution is -2.36. The molecule has 2 fully saturated rings. The number of carbonyl (C=O) groups is 1. The second-order valence-corrected chi connectivity index (χ2v) is 5.99. The fourth-order valence-corrected chi connectivity index (χ4v) is 3.81. The van der Waals surface area contributed by atoms with E-state index in [4.69, 9.17) is 0 Å². The van der Waals surface area contributed by atoms with E-state index in [-0.39, 0.29) is 17.3 Å². The number of hydrogen-bond donors (Lipinski definition) is 0. The molecule has 0 bridgehead atoms. The number of aldehydes is 1. The molecule has 0 amide bonds. The monoisotopic (exact) mass is 297 g/mol. The number of fused-ring (bicyclic) bond motifs is 1. The predicted molar refractivity (Wildman–Crippen MR) is 74.5 cm³/mol. The maximum atomic E-state index is 13.3. The summed E-state index contributed by atoms with van der Waals surface area (Å²) in [6, 6.07) is 4.14. The van der Waals surface area contributed by atoms with Gasteiger partial charge in [0.25, 0.3) is 0 Å². The summed E-state index contributed by atoms with van der Waals surface area (Å²) in [4.78, 5) is 12.7. The van der Waals surface area contributed by atoms with Crippen molar-refractivity contribution >= 4 is 12.0 Å². The van der Waals surface area contributed by atoms with Crippen molar-refractivity contribution in [3.05, 3.63) is 29.3 Å². The van der Waals surface area contributed by atoms with E-state index < -0.39 is 11.7 Å². The summed E-state index contributed by atoms with van der Waals surface area (Å²) in [5.74, 6) is 0.519. The molecule has 2 nitrogen and oxygen atoms in total. The third-order valence-electron chi connectivity index (χ3n) is 4.78. The van der Waals surface area contributed by atoms with Crippen LogP contribution in [0.5, 0.6) is 0 Å². The van der Waals surface area contributed by atoms with Crippen LogP contribution in [0.2, 0.25) is 0 Å². The first kappa shape index (κ1) is 14.4. The molecular formula is C16H18F3NO. The number of rotatable bonds is 2. The molecule has 1 saturated carbocycles. The number of alkyl halides is 3. The van der Waals surface area contributed by atoms with Crippen LogP contribution in [-0.2, 0) is 6.18 Å². The van der Waals surface area contributed by atoms with Crippen molar-refractivity contribution < 1.29 is 18.0 Å². The molecule has 1 aromatic carbocycles. The van der Waals surface area contributed by atoms with E-state index in [9.17, 15) is 18.0 Å². The molecule has 0 radical (unpaired) electrons.